The van der Waals surface area contributed by atoms with Gasteiger partial charge in [0.15, 0.2) is 0 Å². The molecule has 0 aromatic carbocycles. The molecule has 0 amide bonds. The van der Waals surface area contributed by atoms with Crippen molar-refractivity contribution in [3.05, 3.63) is 19.2 Å². The molecule has 0 saturated heterocycles. The van der Waals surface area contributed by atoms with Crippen molar-refractivity contribution in [2.75, 3.05) is 13.2 Å². The summed E-state index contributed by atoms with van der Waals surface area (Å²) in [6.45, 7) is -0.172. The van der Waals surface area contributed by atoms with Gasteiger partial charge in [0.2, 0.25) is 0 Å². The van der Waals surface area contributed by atoms with E-state index >= 15 is 0 Å². The molecule has 0 fully saturated rings. The molecule has 0 aliphatic carbocycles. The van der Waals surface area contributed by atoms with Gasteiger partial charge in [-0.3, -0.25) is 0 Å². The molecule has 1 atom stereocenters. The maximum absolute atomic E-state index is 11.8. The van der Waals surface area contributed by atoms with Crippen LogP contribution in [0.3, 0.4) is 0 Å². The number of hydrogen-bond acceptors (Lipinski definition) is 2. The molecule has 1 nitrogen and oxygen atoms in total. The predicted molar refractivity (Wildman–Crippen MR) is 72.8 cm³/mol. The van der Waals surface area contributed by atoms with E-state index in [4.69, 9.17) is 4.74 Å². The fourth-order valence-corrected chi connectivity index (χ4v) is 5.06. The third kappa shape index (κ3) is 5.08. The van der Waals surface area contributed by atoms with Crippen LogP contribution in [0.5, 0.6) is 0 Å². The van der Waals surface area contributed by atoms with Gasteiger partial charge in [-0.25, -0.2) is 8.78 Å². The molecule has 0 bridgehead atoms. The highest BCUT2D eigenvalue weighted by atomic mass is 79.9. The van der Waals surface area contributed by atoms with Crippen LogP contribution < -0.4 is 0 Å². The highest BCUT2D eigenvalue weighted by Gasteiger charge is 2.14. The van der Waals surface area contributed by atoms with Crippen molar-refractivity contribution in [3.8, 4) is 0 Å². The van der Waals surface area contributed by atoms with Crippen molar-refractivity contribution in [1.82, 2.24) is 0 Å². The lowest BCUT2D eigenvalue weighted by Crippen LogP contribution is -2.06. The summed E-state index contributed by atoms with van der Waals surface area (Å²) in [5, 5.41) is 0. The quantitative estimate of drug-likeness (QED) is 0.424. The molecule has 0 radical (unpaired) electrons. The summed E-state index contributed by atoms with van der Waals surface area (Å²) in [6.07, 6.45) is -1.73. The molecule has 0 spiro atoms. The third-order valence-corrected chi connectivity index (χ3v) is 5.12. The molecule has 1 rings (SSSR count). The van der Waals surface area contributed by atoms with E-state index in [9.17, 15) is 8.78 Å². The number of ether oxygens (including phenoxy) is 1. The number of hydrogen-bond donors (Lipinski definition) is 0. The summed E-state index contributed by atoms with van der Waals surface area (Å²) < 4.78 is 30.5. The van der Waals surface area contributed by atoms with Gasteiger partial charge in [0.05, 0.1) is 7.57 Å². The summed E-state index contributed by atoms with van der Waals surface area (Å²) in [6, 6.07) is 2.00. The van der Waals surface area contributed by atoms with Crippen LogP contribution in [0.1, 0.15) is 16.8 Å². The predicted octanol–water partition coefficient (Wildman–Crippen LogP) is 5.38. The summed E-state index contributed by atoms with van der Waals surface area (Å²) in [5.74, 6) is 0. The summed E-state index contributed by atoms with van der Waals surface area (Å²) >= 11 is 11.9. The van der Waals surface area contributed by atoms with Gasteiger partial charge >= 0.3 is 0 Å². The largest absolute Gasteiger partial charge is 0.375 e. The van der Waals surface area contributed by atoms with Crippen molar-refractivity contribution in [2.45, 2.75) is 17.7 Å². The van der Waals surface area contributed by atoms with E-state index in [-0.39, 0.29) is 4.83 Å². The standard InChI is InChI=1S/C9H9Br3F2OS/c10-6(1-2-15-4-8(13)14)5-3-7(11)16-9(5)12/h3,6,8H,1-2,4H2. The van der Waals surface area contributed by atoms with Gasteiger partial charge in [0, 0.05) is 11.4 Å². The fourth-order valence-electron chi connectivity index (χ4n) is 1.08. The lowest BCUT2D eigenvalue weighted by atomic mass is 10.2. The highest BCUT2D eigenvalue weighted by molar-refractivity contribution is 9.12. The van der Waals surface area contributed by atoms with Gasteiger partial charge in [-0.1, -0.05) is 15.9 Å². The maximum atomic E-state index is 11.8. The van der Waals surface area contributed by atoms with Gasteiger partial charge in [0.25, 0.3) is 6.43 Å². The Morgan fingerprint density at radius 2 is 2.06 bits per heavy atom. The minimum Gasteiger partial charge on any atom is -0.375 e. The topological polar surface area (TPSA) is 9.23 Å². The monoisotopic (exact) mass is 440 g/mol. The van der Waals surface area contributed by atoms with Crippen molar-refractivity contribution >= 4 is 59.1 Å². The fraction of sp³-hybridized carbons (Fsp3) is 0.556. The Morgan fingerprint density at radius 1 is 1.38 bits per heavy atom. The molecule has 0 aliphatic rings. The van der Waals surface area contributed by atoms with Crippen molar-refractivity contribution in [2.24, 2.45) is 0 Å². The number of alkyl halides is 3. The van der Waals surface area contributed by atoms with Crippen LogP contribution in [-0.2, 0) is 4.74 Å². The van der Waals surface area contributed by atoms with Crippen molar-refractivity contribution in [1.29, 1.82) is 0 Å². The van der Waals surface area contributed by atoms with E-state index < -0.39 is 13.0 Å². The van der Waals surface area contributed by atoms with Gasteiger partial charge in [-0.15, -0.1) is 11.3 Å². The van der Waals surface area contributed by atoms with Crippen LogP contribution in [0.25, 0.3) is 0 Å². The summed E-state index contributed by atoms with van der Waals surface area (Å²) in [4.78, 5) is 0.113. The van der Waals surface area contributed by atoms with E-state index in [2.05, 4.69) is 47.8 Å². The number of rotatable bonds is 6. The first-order valence-corrected chi connectivity index (χ1v) is 7.77. The Bertz CT molecular complexity index is 333. The second-order valence-corrected chi connectivity index (χ2v) is 7.86. The van der Waals surface area contributed by atoms with E-state index in [1.807, 2.05) is 6.07 Å². The first-order chi connectivity index (χ1) is 7.50. The summed E-state index contributed by atoms with van der Waals surface area (Å²) in [7, 11) is 0. The molecule has 1 heterocycles. The molecule has 1 unspecified atom stereocenters. The van der Waals surface area contributed by atoms with Crippen LogP contribution in [0.15, 0.2) is 13.6 Å². The van der Waals surface area contributed by atoms with Crippen LogP contribution in [0.2, 0.25) is 0 Å². The smallest absolute Gasteiger partial charge is 0.261 e. The Morgan fingerprint density at radius 3 is 2.56 bits per heavy atom. The Kier molecular flexibility index (Phi) is 6.95. The zero-order chi connectivity index (χ0) is 12.1. The van der Waals surface area contributed by atoms with Gasteiger partial charge in [0.1, 0.15) is 6.61 Å². The molecular formula is C9H9Br3F2OS. The first kappa shape index (κ1) is 15.0. The molecular weight excluding hydrogens is 434 g/mol. The zero-order valence-electron chi connectivity index (χ0n) is 8.06. The minimum atomic E-state index is -2.39. The molecule has 0 saturated carbocycles. The van der Waals surface area contributed by atoms with E-state index in [1.165, 1.54) is 0 Å². The van der Waals surface area contributed by atoms with Crippen LogP contribution in [0, 0.1) is 0 Å². The first-order valence-electron chi connectivity index (χ1n) is 4.45. The number of halogens is 5. The lowest BCUT2D eigenvalue weighted by Gasteiger charge is -2.09. The Hall–Kier alpha value is 0.960. The zero-order valence-corrected chi connectivity index (χ0v) is 13.6. The normalized spacial score (nSPS) is 13.4. The third-order valence-electron chi connectivity index (χ3n) is 1.78. The van der Waals surface area contributed by atoms with Crippen LogP contribution in [-0.4, -0.2) is 19.6 Å². The highest BCUT2D eigenvalue weighted by Crippen LogP contribution is 2.40. The molecule has 1 aromatic rings. The molecule has 0 aliphatic heterocycles. The van der Waals surface area contributed by atoms with Gasteiger partial charge in [-0.05, 0) is 49.9 Å². The van der Waals surface area contributed by atoms with E-state index in [1.54, 1.807) is 11.3 Å². The Balaban J connectivity index is 2.35. The maximum Gasteiger partial charge on any atom is 0.261 e. The molecule has 7 heteroatoms. The summed E-state index contributed by atoms with van der Waals surface area (Å²) in [5.41, 5.74) is 1.11. The molecule has 1 aromatic heterocycles. The van der Waals surface area contributed by atoms with Gasteiger partial charge in [-0.2, -0.15) is 0 Å². The molecule has 16 heavy (non-hydrogen) atoms. The second-order valence-electron chi connectivity index (χ2n) is 3.00. The molecule has 0 N–H and O–H groups in total. The van der Waals surface area contributed by atoms with Gasteiger partial charge < -0.3 is 4.74 Å². The lowest BCUT2D eigenvalue weighted by molar-refractivity contribution is 0.0167. The van der Waals surface area contributed by atoms with Crippen LogP contribution in [0.4, 0.5) is 8.78 Å². The van der Waals surface area contributed by atoms with Crippen molar-refractivity contribution in [3.63, 3.8) is 0 Å². The molecule has 92 valence electrons. The minimum absolute atomic E-state index is 0.113. The van der Waals surface area contributed by atoms with E-state index in [0.717, 1.165) is 13.1 Å². The van der Waals surface area contributed by atoms with E-state index in [0.29, 0.717) is 13.0 Å². The Labute approximate surface area is 122 Å². The SMILES string of the molecule is FC(F)COCCC(Br)c1cc(Br)sc1Br. The second kappa shape index (κ2) is 7.41. The average Bonchev–Trinajstić information content (AvgIpc) is 2.52. The van der Waals surface area contributed by atoms with Crippen LogP contribution >= 0.6 is 59.1 Å². The number of thiophene rings is 1. The average molecular weight is 443 g/mol. The van der Waals surface area contributed by atoms with Crippen molar-refractivity contribution < 1.29 is 13.5 Å².